The monoisotopic (exact) mass is 546 g/mol. The van der Waals surface area contributed by atoms with E-state index in [2.05, 4.69) is 4.90 Å². The Morgan fingerprint density at radius 3 is 1.38 bits per heavy atom. The van der Waals surface area contributed by atoms with Crippen LogP contribution in [0.5, 0.6) is 0 Å². The van der Waals surface area contributed by atoms with E-state index in [-0.39, 0.29) is 37.7 Å². The lowest BCUT2D eigenvalue weighted by atomic mass is 9.87. The lowest BCUT2D eigenvalue weighted by Gasteiger charge is -2.44. The third-order valence-electron chi connectivity index (χ3n) is 6.12. The first-order valence-electron chi connectivity index (χ1n) is 14.1. The molecule has 8 heteroatoms. The molecule has 39 heavy (non-hydrogen) atoms. The minimum absolute atomic E-state index is 0.0384. The molecular formula is C31H50N2O6. The van der Waals surface area contributed by atoms with Gasteiger partial charge in [-0.25, -0.2) is 0 Å². The normalized spacial score (nSPS) is 18.6. The molecule has 1 saturated carbocycles. The molecule has 0 bridgehead atoms. The lowest BCUT2D eigenvalue weighted by Crippen LogP contribution is -2.57. The SMILES string of the molecule is CC(C)(C)OC(=O)CN(CC(=O)OC(C)(C)C)[C@H]1CCCC[C@@H]1N(CC(=O)OC(C)(C)C)Cc1ccccc1. The number of ether oxygens (including phenoxy) is 3. The van der Waals surface area contributed by atoms with Crippen molar-refractivity contribution in [3.63, 3.8) is 0 Å². The molecule has 2 atom stereocenters. The summed E-state index contributed by atoms with van der Waals surface area (Å²) in [7, 11) is 0. The molecule has 8 nitrogen and oxygen atoms in total. The average molecular weight is 547 g/mol. The number of esters is 3. The minimum atomic E-state index is -0.642. The van der Waals surface area contributed by atoms with Crippen LogP contribution in [0.2, 0.25) is 0 Å². The van der Waals surface area contributed by atoms with Crippen LogP contribution < -0.4 is 0 Å². The number of rotatable bonds is 10. The summed E-state index contributed by atoms with van der Waals surface area (Å²) >= 11 is 0. The molecule has 1 aliphatic rings. The highest BCUT2D eigenvalue weighted by molar-refractivity contribution is 5.75. The van der Waals surface area contributed by atoms with Crippen LogP contribution in [0.3, 0.4) is 0 Å². The molecule has 0 saturated heterocycles. The fraction of sp³-hybridized carbons (Fsp3) is 0.710. The number of carbonyl (C=O) groups is 3. The zero-order valence-corrected chi connectivity index (χ0v) is 25.5. The Morgan fingerprint density at radius 1 is 0.641 bits per heavy atom. The second-order valence-corrected chi connectivity index (χ2v) is 13.5. The topological polar surface area (TPSA) is 85.4 Å². The highest BCUT2D eigenvalue weighted by Gasteiger charge is 2.38. The van der Waals surface area contributed by atoms with Crippen molar-refractivity contribution in [2.24, 2.45) is 0 Å². The molecule has 1 aromatic carbocycles. The van der Waals surface area contributed by atoms with Gasteiger partial charge in [-0.15, -0.1) is 0 Å². The summed E-state index contributed by atoms with van der Waals surface area (Å²) in [5.41, 5.74) is -0.801. The number of nitrogens with zero attached hydrogens (tertiary/aromatic N) is 2. The van der Waals surface area contributed by atoms with Crippen molar-refractivity contribution in [2.75, 3.05) is 19.6 Å². The van der Waals surface area contributed by atoms with Crippen LogP contribution >= 0.6 is 0 Å². The summed E-state index contributed by atoms with van der Waals surface area (Å²) < 4.78 is 17.0. The fourth-order valence-electron chi connectivity index (χ4n) is 4.96. The molecule has 0 amide bonds. The van der Waals surface area contributed by atoms with Gasteiger partial charge in [0.05, 0.1) is 19.6 Å². The minimum Gasteiger partial charge on any atom is -0.459 e. The average Bonchev–Trinajstić information content (AvgIpc) is 2.75. The van der Waals surface area contributed by atoms with Crippen LogP contribution in [-0.4, -0.2) is 76.2 Å². The molecule has 0 N–H and O–H groups in total. The van der Waals surface area contributed by atoms with E-state index in [4.69, 9.17) is 14.2 Å². The summed E-state index contributed by atoms with van der Waals surface area (Å²) in [5.74, 6) is -1.08. The van der Waals surface area contributed by atoms with Crippen LogP contribution in [-0.2, 0) is 35.1 Å². The first-order chi connectivity index (χ1) is 17.9. The molecule has 0 radical (unpaired) electrons. The Bertz CT molecular complexity index is 913. The van der Waals surface area contributed by atoms with E-state index in [0.717, 1.165) is 31.2 Å². The van der Waals surface area contributed by atoms with E-state index in [1.54, 1.807) is 0 Å². The Morgan fingerprint density at radius 2 is 1.00 bits per heavy atom. The Hall–Kier alpha value is -2.45. The number of benzene rings is 1. The maximum Gasteiger partial charge on any atom is 0.320 e. The molecule has 1 aliphatic carbocycles. The zero-order valence-electron chi connectivity index (χ0n) is 25.5. The standard InChI is InChI=1S/C31H50N2O6/c1-29(2,3)37-26(34)20-32(19-23-15-11-10-12-16-23)24-17-13-14-18-25(24)33(21-27(35)38-30(4,5)6)22-28(36)39-31(7,8)9/h10-12,15-16,24-25H,13-14,17-22H2,1-9H3/t24-,25-/m0/s1. The largest absolute Gasteiger partial charge is 0.459 e. The number of hydrogen-bond acceptors (Lipinski definition) is 8. The van der Waals surface area contributed by atoms with Gasteiger partial charge >= 0.3 is 17.9 Å². The maximum absolute atomic E-state index is 13.0. The third-order valence-corrected chi connectivity index (χ3v) is 6.12. The Kier molecular flexibility index (Phi) is 11.6. The highest BCUT2D eigenvalue weighted by Crippen LogP contribution is 2.29. The van der Waals surface area contributed by atoms with Crippen molar-refractivity contribution in [3.05, 3.63) is 35.9 Å². The summed E-state index contributed by atoms with van der Waals surface area (Å²) in [6, 6.07) is 9.79. The van der Waals surface area contributed by atoms with Crippen molar-refractivity contribution >= 4 is 17.9 Å². The zero-order chi connectivity index (χ0) is 29.4. The summed E-state index contributed by atoms with van der Waals surface area (Å²) in [6.07, 6.45) is 3.58. The van der Waals surface area contributed by atoms with Gasteiger partial charge in [0.1, 0.15) is 16.8 Å². The quantitative estimate of drug-likeness (QED) is 0.295. The summed E-state index contributed by atoms with van der Waals surface area (Å²) in [4.78, 5) is 43.0. The second-order valence-electron chi connectivity index (χ2n) is 13.5. The lowest BCUT2D eigenvalue weighted by molar-refractivity contribution is -0.164. The van der Waals surface area contributed by atoms with Gasteiger partial charge in [-0.1, -0.05) is 43.2 Å². The highest BCUT2D eigenvalue weighted by atomic mass is 16.6. The fourth-order valence-corrected chi connectivity index (χ4v) is 4.96. The van der Waals surface area contributed by atoms with Crippen molar-refractivity contribution in [1.29, 1.82) is 0 Å². The molecule has 2 rings (SSSR count). The van der Waals surface area contributed by atoms with Gasteiger partial charge in [0.25, 0.3) is 0 Å². The van der Waals surface area contributed by atoms with Gasteiger partial charge in [-0.05, 0) is 80.7 Å². The molecule has 220 valence electrons. The van der Waals surface area contributed by atoms with Crippen LogP contribution in [0.25, 0.3) is 0 Å². The molecule has 0 aromatic heterocycles. The van der Waals surface area contributed by atoms with E-state index >= 15 is 0 Å². The van der Waals surface area contributed by atoms with Gasteiger partial charge < -0.3 is 14.2 Å². The smallest absolute Gasteiger partial charge is 0.320 e. The van der Waals surface area contributed by atoms with E-state index in [9.17, 15) is 14.4 Å². The molecular weight excluding hydrogens is 496 g/mol. The van der Waals surface area contributed by atoms with Crippen LogP contribution in [0, 0.1) is 0 Å². The van der Waals surface area contributed by atoms with Crippen molar-refractivity contribution in [1.82, 2.24) is 9.80 Å². The van der Waals surface area contributed by atoms with Gasteiger partial charge in [-0.2, -0.15) is 0 Å². The first kappa shape index (κ1) is 32.8. The van der Waals surface area contributed by atoms with Crippen molar-refractivity contribution < 1.29 is 28.6 Å². The molecule has 0 aliphatic heterocycles. The van der Waals surface area contributed by atoms with Crippen molar-refractivity contribution in [2.45, 2.75) is 123 Å². The van der Waals surface area contributed by atoms with Crippen LogP contribution in [0.15, 0.2) is 30.3 Å². The van der Waals surface area contributed by atoms with E-state index < -0.39 is 28.7 Å². The van der Waals surface area contributed by atoms with Crippen LogP contribution in [0.1, 0.15) is 93.6 Å². The second kappa shape index (κ2) is 13.8. The van der Waals surface area contributed by atoms with E-state index in [1.165, 1.54) is 0 Å². The summed E-state index contributed by atoms with van der Waals surface area (Å²) in [6.45, 7) is 17.1. The van der Waals surface area contributed by atoms with Gasteiger partial charge in [-0.3, -0.25) is 24.2 Å². The van der Waals surface area contributed by atoms with Crippen molar-refractivity contribution in [3.8, 4) is 0 Å². The van der Waals surface area contributed by atoms with E-state index in [1.807, 2.05) is 97.5 Å². The molecule has 0 spiro atoms. The summed E-state index contributed by atoms with van der Waals surface area (Å²) in [5, 5.41) is 0. The molecule has 0 unspecified atom stereocenters. The predicted molar refractivity (Wildman–Crippen MR) is 152 cm³/mol. The predicted octanol–water partition coefficient (Wildman–Crippen LogP) is 5.13. The third kappa shape index (κ3) is 13.0. The maximum atomic E-state index is 13.0. The Balaban J connectivity index is 2.39. The molecule has 1 aromatic rings. The van der Waals surface area contributed by atoms with Gasteiger partial charge in [0.15, 0.2) is 0 Å². The van der Waals surface area contributed by atoms with Gasteiger partial charge in [0.2, 0.25) is 0 Å². The van der Waals surface area contributed by atoms with E-state index in [0.29, 0.717) is 6.54 Å². The van der Waals surface area contributed by atoms with Crippen LogP contribution in [0.4, 0.5) is 0 Å². The number of hydrogen-bond donors (Lipinski definition) is 0. The number of carbonyl (C=O) groups excluding carboxylic acids is 3. The molecule has 1 fully saturated rings. The Labute approximate surface area is 235 Å². The molecule has 0 heterocycles. The first-order valence-corrected chi connectivity index (χ1v) is 14.1. The van der Waals surface area contributed by atoms with Gasteiger partial charge in [0, 0.05) is 18.6 Å².